The maximum absolute atomic E-state index is 9.13. The Morgan fingerprint density at radius 3 is 2.64 bits per heavy atom. The number of aliphatic hydroxyl groups excluding tert-OH is 1. The number of nitrogens with zero attached hydrogens (tertiary/aromatic N) is 1. The number of likely N-dealkylation sites (tertiary alicyclic amines) is 1. The highest BCUT2D eigenvalue weighted by Gasteiger charge is 2.26. The maximum Gasteiger partial charge on any atom is 0.119 e. The number of hydrogen-bond acceptors (Lipinski definition) is 3. The quantitative estimate of drug-likeness (QED) is 0.916. The standard InChI is InChI=1S/C19H23NO2/c1-22-18-5-2-4-17(12-18)19-6-3-11-20(19)13-15-7-9-16(14-21)10-8-15/h2,4-5,7-10,12,19,21H,3,6,11,13-14H2,1H3. The summed E-state index contributed by atoms with van der Waals surface area (Å²) in [5, 5.41) is 9.13. The number of rotatable bonds is 5. The molecule has 1 aliphatic rings. The molecule has 0 spiro atoms. The molecule has 1 N–H and O–H groups in total. The van der Waals surface area contributed by atoms with Crippen LogP contribution in [0.1, 0.15) is 35.6 Å². The first-order valence-corrected chi connectivity index (χ1v) is 7.87. The predicted octanol–water partition coefficient (Wildman–Crippen LogP) is 3.52. The summed E-state index contributed by atoms with van der Waals surface area (Å²) in [4.78, 5) is 2.53. The van der Waals surface area contributed by atoms with Crippen molar-refractivity contribution in [2.45, 2.75) is 32.0 Å². The van der Waals surface area contributed by atoms with Gasteiger partial charge in [-0.2, -0.15) is 0 Å². The summed E-state index contributed by atoms with van der Waals surface area (Å²) < 4.78 is 5.35. The molecule has 0 saturated carbocycles. The number of hydrogen-bond donors (Lipinski definition) is 1. The third kappa shape index (κ3) is 3.32. The highest BCUT2D eigenvalue weighted by Crippen LogP contribution is 2.34. The monoisotopic (exact) mass is 297 g/mol. The molecule has 1 unspecified atom stereocenters. The van der Waals surface area contributed by atoms with Gasteiger partial charge in [0.1, 0.15) is 5.75 Å². The summed E-state index contributed by atoms with van der Waals surface area (Å²) in [6, 6.07) is 17.1. The summed E-state index contributed by atoms with van der Waals surface area (Å²) in [5.41, 5.74) is 3.60. The van der Waals surface area contributed by atoms with E-state index in [-0.39, 0.29) is 6.61 Å². The van der Waals surface area contributed by atoms with Crippen molar-refractivity contribution < 1.29 is 9.84 Å². The van der Waals surface area contributed by atoms with E-state index in [1.165, 1.54) is 24.0 Å². The van der Waals surface area contributed by atoms with Crippen molar-refractivity contribution in [1.29, 1.82) is 0 Å². The first kappa shape index (κ1) is 15.1. The van der Waals surface area contributed by atoms with Crippen LogP contribution in [0.4, 0.5) is 0 Å². The zero-order chi connectivity index (χ0) is 15.4. The third-order valence-corrected chi connectivity index (χ3v) is 4.43. The molecule has 0 aliphatic carbocycles. The first-order valence-electron chi connectivity index (χ1n) is 7.87. The molecule has 1 atom stereocenters. The summed E-state index contributed by atoms with van der Waals surface area (Å²) in [6.45, 7) is 2.19. The molecule has 22 heavy (non-hydrogen) atoms. The van der Waals surface area contributed by atoms with Gasteiger partial charge in [0.05, 0.1) is 13.7 Å². The second-order valence-corrected chi connectivity index (χ2v) is 5.88. The van der Waals surface area contributed by atoms with Crippen LogP contribution < -0.4 is 4.74 Å². The molecular formula is C19H23NO2. The Morgan fingerprint density at radius 2 is 1.91 bits per heavy atom. The van der Waals surface area contributed by atoms with Crippen LogP contribution in [0, 0.1) is 0 Å². The molecule has 116 valence electrons. The van der Waals surface area contributed by atoms with Crippen molar-refractivity contribution in [3.05, 3.63) is 65.2 Å². The Morgan fingerprint density at radius 1 is 1.14 bits per heavy atom. The average Bonchev–Trinajstić information content (AvgIpc) is 3.04. The minimum atomic E-state index is 0.108. The Kier molecular flexibility index (Phi) is 4.76. The molecule has 1 fully saturated rings. The zero-order valence-electron chi connectivity index (χ0n) is 13.0. The summed E-state index contributed by atoms with van der Waals surface area (Å²) >= 11 is 0. The molecule has 0 radical (unpaired) electrons. The van der Waals surface area contributed by atoms with Gasteiger partial charge in [-0.3, -0.25) is 4.90 Å². The van der Waals surface area contributed by atoms with Crippen LogP contribution in [0.2, 0.25) is 0 Å². The predicted molar refractivity (Wildman–Crippen MR) is 87.7 cm³/mol. The fourth-order valence-corrected chi connectivity index (χ4v) is 3.23. The molecule has 3 heteroatoms. The van der Waals surface area contributed by atoms with Gasteiger partial charge in [0.25, 0.3) is 0 Å². The molecule has 3 rings (SSSR count). The van der Waals surface area contributed by atoms with Gasteiger partial charge >= 0.3 is 0 Å². The summed E-state index contributed by atoms with van der Waals surface area (Å²) in [5.74, 6) is 0.927. The Labute approximate surface area is 132 Å². The highest BCUT2D eigenvalue weighted by atomic mass is 16.5. The molecule has 1 saturated heterocycles. The van der Waals surface area contributed by atoms with E-state index in [0.29, 0.717) is 6.04 Å². The molecule has 0 bridgehead atoms. The van der Waals surface area contributed by atoms with Crippen LogP contribution in [-0.4, -0.2) is 23.7 Å². The maximum atomic E-state index is 9.13. The van der Waals surface area contributed by atoms with E-state index < -0.39 is 0 Å². The van der Waals surface area contributed by atoms with E-state index in [1.54, 1.807) is 7.11 Å². The van der Waals surface area contributed by atoms with Crippen LogP contribution in [0.15, 0.2) is 48.5 Å². The second kappa shape index (κ2) is 6.95. The van der Waals surface area contributed by atoms with E-state index in [0.717, 1.165) is 24.4 Å². The second-order valence-electron chi connectivity index (χ2n) is 5.88. The van der Waals surface area contributed by atoms with Gasteiger partial charge in [0.2, 0.25) is 0 Å². The van der Waals surface area contributed by atoms with Crippen LogP contribution in [-0.2, 0) is 13.2 Å². The van der Waals surface area contributed by atoms with E-state index in [4.69, 9.17) is 9.84 Å². The van der Waals surface area contributed by atoms with Crippen molar-refractivity contribution >= 4 is 0 Å². The summed E-state index contributed by atoms with van der Waals surface area (Å²) in [6.07, 6.45) is 2.43. The van der Waals surface area contributed by atoms with E-state index in [2.05, 4.69) is 35.2 Å². The molecule has 0 amide bonds. The Balaban J connectivity index is 1.74. The van der Waals surface area contributed by atoms with Crippen LogP contribution in [0.3, 0.4) is 0 Å². The molecule has 1 aliphatic heterocycles. The Hall–Kier alpha value is -1.84. The lowest BCUT2D eigenvalue weighted by Crippen LogP contribution is -2.22. The van der Waals surface area contributed by atoms with Gasteiger partial charge < -0.3 is 9.84 Å². The SMILES string of the molecule is COc1cccc(C2CCCN2Cc2ccc(CO)cc2)c1. The number of aliphatic hydroxyl groups is 1. The van der Waals surface area contributed by atoms with Crippen molar-refractivity contribution in [3.8, 4) is 5.75 Å². The molecule has 0 aromatic heterocycles. The van der Waals surface area contributed by atoms with Gasteiger partial charge in [0.15, 0.2) is 0 Å². The minimum Gasteiger partial charge on any atom is -0.497 e. The fourth-order valence-electron chi connectivity index (χ4n) is 3.23. The minimum absolute atomic E-state index is 0.108. The Bertz CT molecular complexity index is 609. The van der Waals surface area contributed by atoms with Crippen LogP contribution in [0.5, 0.6) is 5.75 Å². The molecule has 2 aromatic carbocycles. The lowest BCUT2D eigenvalue weighted by molar-refractivity contribution is 0.248. The normalized spacial score (nSPS) is 18.5. The van der Waals surface area contributed by atoms with Crippen LogP contribution >= 0.6 is 0 Å². The first-order chi connectivity index (χ1) is 10.8. The highest BCUT2D eigenvalue weighted by molar-refractivity contribution is 5.31. The number of ether oxygens (including phenoxy) is 1. The molecule has 3 nitrogen and oxygen atoms in total. The molecule has 1 heterocycles. The zero-order valence-corrected chi connectivity index (χ0v) is 13.0. The van der Waals surface area contributed by atoms with Crippen molar-refractivity contribution in [2.75, 3.05) is 13.7 Å². The lowest BCUT2D eigenvalue weighted by Gasteiger charge is -2.25. The molecular weight excluding hydrogens is 274 g/mol. The largest absolute Gasteiger partial charge is 0.497 e. The van der Waals surface area contributed by atoms with Gasteiger partial charge in [-0.15, -0.1) is 0 Å². The van der Waals surface area contributed by atoms with E-state index >= 15 is 0 Å². The van der Waals surface area contributed by atoms with Gasteiger partial charge in [-0.25, -0.2) is 0 Å². The topological polar surface area (TPSA) is 32.7 Å². The van der Waals surface area contributed by atoms with Crippen molar-refractivity contribution in [2.24, 2.45) is 0 Å². The van der Waals surface area contributed by atoms with E-state index in [1.807, 2.05) is 18.2 Å². The smallest absolute Gasteiger partial charge is 0.119 e. The molecule has 2 aromatic rings. The van der Waals surface area contributed by atoms with Gasteiger partial charge in [-0.05, 0) is 48.2 Å². The van der Waals surface area contributed by atoms with E-state index in [9.17, 15) is 0 Å². The van der Waals surface area contributed by atoms with Crippen molar-refractivity contribution in [1.82, 2.24) is 4.90 Å². The third-order valence-electron chi connectivity index (χ3n) is 4.43. The fraction of sp³-hybridized carbons (Fsp3) is 0.368. The lowest BCUT2D eigenvalue weighted by atomic mass is 10.0. The van der Waals surface area contributed by atoms with Gasteiger partial charge in [-0.1, -0.05) is 36.4 Å². The number of methoxy groups -OCH3 is 1. The average molecular weight is 297 g/mol. The van der Waals surface area contributed by atoms with Crippen LogP contribution in [0.25, 0.3) is 0 Å². The summed E-state index contributed by atoms with van der Waals surface area (Å²) in [7, 11) is 1.72. The van der Waals surface area contributed by atoms with Crippen molar-refractivity contribution in [3.63, 3.8) is 0 Å². The van der Waals surface area contributed by atoms with Gasteiger partial charge in [0, 0.05) is 12.6 Å². The number of benzene rings is 2.